The first-order valence-corrected chi connectivity index (χ1v) is 9.58. The summed E-state index contributed by atoms with van der Waals surface area (Å²) in [5.74, 6) is 0.626. The van der Waals surface area contributed by atoms with Crippen LogP contribution in [0.25, 0.3) is 0 Å². The zero-order valence-electron chi connectivity index (χ0n) is 15.3. The van der Waals surface area contributed by atoms with Crippen molar-refractivity contribution in [3.8, 4) is 11.5 Å². The van der Waals surface area contributed by atoms with Gasteiger partial charge in [0.1, 0.15) is 11.5 Å². The van der Waals surface area contributed by atoms with E-state index < -0.39 is 5.91 Å². The number of carbonyl (C=O) groups excluding carboxylic acids is 2. The molecule has 0 spiro atoms. The summed E-state index contributed by atoms with van der Waals surface area (Å²) in [5.41, 5.74) is 3.61. The van der Waals surface area contributed by atoms with E-state index in [4.69, 9.17) is 4.74 Å². The molecule has 29 heavy (non-hydrogen) atoms. The molecule has 0 aromatic heterocycles. The molecule has 3 aromatic carbocycles. The van der Waals surface area contributed by atoms with Crippen molar-refractivity contribution < 1.29 is 14.3 Å². The highest BCUT2D eigenvalue weighted by Crippen LogP contribution is 2.21. The van der Waals surface area contributed by atoms with Gasteiger partial charge in [-0.1, -0.05) is 52.3 Å². The third-order valence-corrected chi connectivity index (χ3v) is 4.23. The zero-order valence-corrected chi connectivity index (χ0v) is 16.9. The topological polar surface area (TPSA) is 79.8 Å². The van der Waals surface area contributed by atoms with Crippen molar-refractivity contribution in [2.75, 3.05) is 6.54 Å². The fourth-order valence-corrected chi connectivity index (χ4v) is 2.79. The molecule has 0 atom stereocenters. The number of carbonyl (C=O) groups is 2. The monoisotopic (exact) mass is 451 g/mol. The first-order valence-electron chi connectivity index (χ1n) is 8.79. The third kappa shape index (κ3) is 6.58. The molecular formula is C22H18BrN3O3. The van der Waals surface area contributed by atoms with E-state index in [9.17, 15) is 9.59 Å². The number of halogens is 1. The maximum atomic E-state index is 12.0. The van der Waals surface area contributed by atoms with Crippen LogP contribution in [0.15, 0.2) is 88.4 Å². The highest BCUT2D eigenvalue weighted by atomic mass is 79.9. The molecule has 0 heterocycles. The standard InChI is InChI=1S/C22H18BrN3O3/c23-18-8-5-7-17(13-18)22(28)24-15-21(27)26-25-14-16-6-4-11-20(12-16)29-19-9-2-1-3-10-19/h1-14H,15H2,(H,24,28)(H,26,27)/b25-14+. The lowest BCUT2D eigenvalue weighted by atomic mass is 10.2. The summed E-state index contributed by atoms with van der Waals surface area (Å²) in [6.07, 6.45) is 1.51. The number of nitrogens with zero attached hydrogens (tertiary/aromatic N) is 1. The minimum absolute atomic E-state index is 0.181. The van der Waals surface area contributed by atoms with Crippen LogP contribution in [0.3, 0.4) is 0 Å². The number of hydrogen-bond donors (Lipinski definition) is 2. The number of hydrazone groups is 1. The molecule has 2 N–H and O–H groups in total. The number of benzene rings is 3. The van der Waals surface area contributed by atoms with Crippen LogP contribution in [0.5, 0.6) is 11.5 Å². The lowest BCUT2D eigenvalue weighted by Gasteiger charge is -2.06. The molecule has 6 nitrogen and oxygen atoms in total. The Morgan fingerprint density at radius 2 is 1.69 bits per heavy atom. The molecule has 0 aliphatic heterocycles. The molecule has 7 heteroatoms. The van der Waals surface area contributed by atoms with Crippen LogP contribution in [0.2, 0.25) is 0 Å². The second-order valence-corrected chi connectivity index (χ2v) is 6.89. The van der Waals surface area contributed by atoms with Crippen molar-refractivity contribution in [3.63, 3.8) is 0 Å². The van der Waals surface area contributed by atoms with Gasteiger partial charge in [-0.25, -0.2) is 5.43 Å². The van der Waals surface area contributed by atoms with Gasteiger partial charge >= 0.3 is 0 Å². The van der Waals surface area contributed by atoms with Crippen LogP contribution in [0, 0.1) is 0 Å². The fourth-order valence-electron chi connectivity index (χ4n) is 2.39. The number of para-hydroxylation sites is 1. The first-order chi connectivity index (χ1) is 14.1. The third-order valence-electron chi connectivity index (χ3n) is 3.74. The zero-order chi connectivity index (χ0) is 20.5. The second-order valence-electron chi connectivity index (χ2n) is 5.97. The van der Waals surface area contributed by atoms with E-state index in [1.54, 1.807) is 24.3 Å². The molecule has 2 amide bonds. The smallest absolute Gasteiger partial charge is 0.259 e. The van der Waals surface area contributed by atoms with Crippen LogP contribution >= 0.6 is 15.9 Å². The number of nitrogens with one attached hydrogen (secondary N) is 2. The summed E-state index contributed by atoms with van der Waals surface area (Å²) in [5, 5.41) is 6.46. The minimum Gasteiger partial charge on any atom is -0.457 e. The van der Waals surface area contributed by atoms with Crippen LogP contribution in [0.1, 0.15) is 15.9 Å². The maximum Gasteiger partial charge on any atom is 0.259 e. The van der Waals surface area contributed by atoms with Crippen LogP contribution < -0.4 is 15.5 Å². The van der Waals surface area contributed by atoms with Crippen molar-refractivity contribution in [3.05, 3.63) is 94.5 Å². The van der Waals surface area contributed by atoms with Gasteiger partial charge in [-0.05, 0) is 48.0 Å². The first kappa shape index (κ1) is 20.3. The van der Waals surface area contributed by atoms with Gasteiger partial charge in [0.2, 0.25) is 0 Å². The van der Waals surface area contributed by atoms with Crippen LogP contribution in [-0.4, -0.2) is 24.6 Å². The average Bonchev–Trinajstić information content (AvgIpc) is 2.73. The largest absolute Gasteiger partial charge is 0.457 e. The second kappa shape index (κ2) is 10.2. The van der Waals surface area contributed by atoms with Crippen molar-refractivity contribution in [1.82, 2.24) is 10.7 Å². The molecule has 0 fully saturated rings. The Kier molecular flexibility index (Phi) is 7.13. The predicted molar refractivity (Wildman–Crippen MR) is 115 cm³/mol. The van der Waals surface area contributed by atoms with Gasteiger partial charge in [0.15, 0.2) is 0 Å². The Balaban J connectivity index is 1.48. The molecular weight excluding hydrogens is 434 g/mol. The number of hydrogen-bond acceptors (Lipinski definition) is 4. The van der Waals surface area contributed by atoms with Crippen molar-refractivity contribution in [2.45, 2.75) is 0 Å². The van der Waals surface area contributed by atoms with E-state index in [0.29, 0.717) is 11.3 Å². The quantitative estimate of drug-likeness (QED) is 0.418. The summed E-state index contributed by atoms with van der Waals surface area (Å²) in [7, 11) is 0. The predicted octanol–water partition coefficient (Wildman–Crippen LogP) is 4.12. The SMILES string of the molecule is O=C(CNC(=O)c1cccc(Br)c1)N/N=C/c1cccc(Oc2ccccc2)c1. The van der Waals surface area contributed by atoms with Crippen molar-refractivity contribution in [2.24, 2.45) is 5.10 Å². The Labute approximate surface area is 176 Å². The Bertz CT molecular complexity index is 1020. The number of ether oxygens (including phenoxy) is 1. The maximum absolute atomic E-state index is 12.0. The van der Waals surface area contributed by atoms with Gasteiger partial charge in [0, 0.05) is 10.0 Å². The van der Waals surface area contributed by atoms with E-state index in [0.717, 1.165) is 15.8 Å². The highest BCUT2D eigenvalue weighted by Gasteiger charge is 2.07. The molecule has 0 unspecified atom stereocenters. The molecule has 3 aromatic rings. The van der Waals surface area contributed by atoms with E-state index in [1.807, 2.05) is 54.6 Å². The summed E-state index contributed by atoms with van der Waals surface area (Å²) < 4.78 is 6.55. The summed E-state index contributed by atoms with van der Waals surface area (Å²) >= 11 is 3.30. The highest BCUT2D eigenvalue weighted by molar-refractivity contribution is 9.10. The lowest BCUT2D eigenvalue weighted by molar-refractivity contribution is -0.120. The van der Waals surface area contributed by atoms with E-state index in [1.165, 1.54) is 6.21 Å². The molecule has 3 rings (SSSR count). The average molecular weight is 452 g/mol. The molecule has 0 bridgehead atoms. The van der Waals surface area contributed by atoms with Gasteiger partial charge in [0.05, 0.1) is 12.8 Å². The summed E-state index contributed by atoms with van der Waals surface area (Å²) in [4.78, 5) is 23.9. The van der Waals surface area contributed by atoms with Crippen LogP contribution in [-0.2, 0) is 4.79 Å². The normalized spacial score (nSPS) is 10.5. The minimum atomic E-state index is -0.429. The van der Waals surface area contributed by atoms with Crippen molar-refractivity contribution >= 4 is 34.0 Å². The Hall–Kier alpha value is -3.45. The molecule has 0 saturated heterocycles. The molecule has 0 aliphatic rings. The van der Waals surface area contributed by atoms with Gasteiger partial charge in [0.25, 0.3) is 11.8 Å². The summed E-state index contributed by atoms with van der Waals surface area (Å²) in [6.45, 7) is -0.181. The van der Waals surface area contributed by atoms with Gasteiger partial charge in [-0.15, -0.1) is 0 Å². The summed E-state index contributed by atoms with van der Waals surface area (Å²) in [6, 6.07) is 23.7. The molecule has 0 aliphatic carbocycles. The molecule has 0 saturated carbocycles. The lowest BCUT2D eigenvalue weighted by Crippen LogP contribution is -2.34. The van der Waals surface area contributed by atoms with Gasteiger partial charge < -0.3 is 10.1 Å². The van der Waals surface area contributed by atoms with Crippen molar-refractivity contribution in [1.29, 1.82) is 0 Å². The Morgan fingerprint density at radius 3 is 2.48 bits per heavy atom. The van der Waals surface area contributed by atoms with E-state index in [-0.39, 0.29) is 12.5 Å². The number of rotatable bonds is 7. The van der Waals surface area contributed by atoms with Gasteiger partial charge in [-0.3, -0.25) is 9.59 Å². The van der Waals surface area contributed by atoms with E-state index >= 15 is 0 Å². The van der Waals surface area contributed by atoms with Crippen LogP contribution in [0.4, 0.5) is 0 Å². The number of amides is 2. The van der Waals surface area contributed by atoms with Gasteiger partial charge in [-0.2, -0.15) is 5.10 Å². The Morgan fingerprint density at radius 1 is 0.931 bits per heavy atom. The molecule has 0 radical (unpaired) electrons. The fraction of sp³-hybridized carbons (Fsp3) is 0.0455. The van der Waals surface area contributed by atoms with E-state index in [2.05, 4.69) is 31.8 Å². The molecule has 146 valence electrons.